The fourth-order valence-corrected chi connectivity index (χ4v) is 3.72. The van der Waals surface area contributed by atoms with E-state index in [0.717, 1.165) is 44.7 Å². The van der Waals surface area contributed by atoms with Crippen molar-refractivity contribution in [3.8, 4) is 11.5 Å². The highest BCUT2D eigenvalue weighted by Gasteiger charge is 2.42. The van der Waals surface area contributed by atoms with E-state index in [1.54, 1.807) is 4.90 Å². The summed E-state index contributed by atoms with van der Waals surface area (Å²) < 4.78 is 0. The maximum absolute atomic E-state index is 12.5. The highest BCUT2D eigenvalue weighted by molar-refractivity contribution is 6.09. The van der Waals surface area contributed by atoms with Gasteiger partial charge in [-0.15, -0.1) is 0 Å². The lowest BCUT2D eigenvalue weighted by Gasteiger charge is -2.16. The van der Waals surface area contributed by atoms with Crippen molar-refractivity contribution >= 4 is 33.5 Å². The number of rotatable bonds is 1. The van der Waals surface area contributed by atoms with Crippen molar-refractivity contribution in [2.24, 2.45) is 0 Å². The van der Waals surface area contributed by atoms with Crippen molar-refractivity contribution in [3.63, 3.8) is 0 Å². The van der Waals surface area contributed by atoms with Gasteiger partial charge in [0.1, 0.15) is 5.69 Å². The number of carbonyl (C=O) groups is 1. The fraction of sp³-hybridized carbons (Fsp3) is 0.211. The molecule has 4 aromatic rings. The molecule has 1 aliphatic rings. The molecular weight excluding hydrogens is 314 g/mol. The Morgan fingerprint density at radius 2 is 1.92 bits per heavy atom. The number of H-pyrrole nitrogens is 2. The van der Waals surface area contributed by atoms with Crippen LogP contribution in [0, 0.1) is 0 Å². The molecule has 0 unspecified atom stereocenters. The summed E-state index contributed by atoms with van der Waals surface area (Å²) >= 11 is 0. The number of hydrogen-bond acceptors (Lipinski definition) is 3. The molecule has 3 heterocycles. The number of hydrogen-bond donors (Lipinski definition) is 2. The van der Waals surface area contributed by atoms with Crippen molar-refractivity contribution in [3.05, 3.63) is 42.0 Å². The molecule has 0 aliphatic carbocycles. The van der Waals surface area contributed by atoms with Gasteiger partial charge in [0.05, 0.1) is 22.0 Å². The Hall–Kier alpha value is -3.15. The molecular formula is C19H17N5O. The monoisotopic (exact) mass is 331 g/mol. The second kappa shape index (κ2) is 4.47. The van der Waals surface area contributed by atoms with E-state index < -0.39 is 5.41 Å². The van der Waals surface area contributed by atoms with Gasteiger partial charge >= 0.3 is 0 Å². The Morgan fingerprint density at radius 3 is 2.76 bits per heavy atom. The summed E-state index contributed by atoms with van der Waals surface area (Å²) in [6.45, 7) is 3.91. The van der Waals surface area contributed by atoms with Gasteiger partial charge < -0.3 is 9.88 Å². The van der Waals surface area contributed by atoms with Crippen LogP contribution in [0.2, 0.25) is 0 Å². The third kappa shape index (κ3) is 1.76. The maximum atomic E-state index is 12.5. The first-order valence-corrected chi connectivity index (χ1v) is 8.23. The highest BCUT2D eigenvalue weighted by atomic mass is 16.2. The van der Waals surface area contributed by atoms with Gasteiger partial charge in [0, 0.05) is 18.1 Å². The number of benzene rings is 2. The summed E-state index contributed by atoms with van der Waals surface area (Å²) in [6, 6.07) is 12.0. The predicted octanol–water partition coefficient (Wildman–Crippen LogP) is 3.36. The van der Waals surface area contributed by atoms with Gasteiger partial charge in [0.25, 0.3) is 0 Å². The first kappa shape index (κ1) is 14.2. The molecule has 2 N–H and O–H groups in total. The topological polar surface area (TPSA) is 77.7 Å². The minimum Gasteiger partial charge on any atom is -0.337 e. The van der Waals surface area contributed by atoms with E-state index in [2.05, 4.69) is 15.2 Å². The minimum atomic E-state index is -0.531. The van der Waals surface area contributed by atoms with Crippen LogP contribution in [0.1, 0.15) is 19.4 Å². The quantitative estimate of drug-likeness (QED) is 0.561. The van der Waals surface area contributed by atoms with Gasteiger partial charge in [-0.2, -0.15) is 5.10 Å². The first-order valence-electron chi connectivity index (χ1n) is 8.23. The molecule has 0 spiro atoms. The lowest BCUT2D eigenvalue weighted by molar-refractivity contribution is -0.121. The highest BCUT2D eigenvalue weighted by Crippen LogP contribution is 2.42. The van der Waals surface area contributed by atoms with Crippen molar-refractivity contribution in [2.45, 2.75) is 19.3 Å². The molecule has 0 saturated heterocycles. The standard InChI is InChI=1S/C19H17N5O/c1-19(2)11-8-13-14(9-15(11)24(3)18(19)25)21-17(20-13)16-10-6-4-5-7-12(10)22-23-16/h4-9H,1-3H3,(H,20,21)(H,22,23). The van der Waals surface area contributed by atoms with Crippen LogP contribution in [0.3, 0.4) is 0 Å². The second-order valence-electron chi connectivity index (χ2n) is 7.08. The summed E-state index contributed by atoms with van der Waals surface area (Å²) in [5.74, 6) is 0.830. The molecule has 6 nitrogen and oxygen atoms in total. The van der Waals surface area contributed by atoms with Crippen LogP contribution in [0.4, 0.5) is 5.69 Å². The number of aromatic amines is 2. The molecule has 1 aliphatic heterocycles. The Balaban J connectivity index is 1.73. The molecule has 1 amide bonds. The Morgan fingerprint density at radius 1 is 1.12 bits per heavy atom. The van der Waals surface area contributed by atoms with E-state index in [9.17, 15) is 4.79 Å². The number of anilines is 1. The molecule has 2 aromatic carbocycles. The van der Waals surface area contributed by atoms with Crippen LogP contribution in [-0.2, 0) is 10.2 Å². The Labute approximate surface area is 143 Å². The SMILES string of the molecule is CN1C(=O)C(C)(C)c2cc3nc(-c4n[nH]c5ccccc45)[nH]c3cc21. The zero-order valence-electron chi connectivity index (χ0n) is 14.2. The number of fused-ring (bicyclic) bond motifs is 3. The second-order valence-corrected chi connectivity index (χ2v) is 7.08. The largest absolute Gasteiger partial charge is 0.337 e. The molecule has 0 atom stereocenters. The lowest BCUT2D eigenvalue weighted by Crippen LogP contribution is -2.33. The normalized spacial score (nSPS) is 16.1. The van der Waals surface area contributed by atoms with E-state index in [4.69, 9.17) is 4.98 Å². The molecule has 0 saturated carbocycles. The predicted molar refractivity (Wildman–Crippen MR) is 97.6 cm³/mol. The first-order chi connectivity index (χ1) is 12.0. The van der Waals surface area contributed by atoms with Gasteiger partial charge in [-0.05, 0) is 37.6 Å². The fourth-order valence-electron chi connectivity index (χ4n) is 3.72. The molecule has 25 heavy (non-hydrogen) atoms. The maximum Gasteiger partial charge on any atom is 0.236 e. The van der Waals surface area contributed by atoms with E-state index >= 15 is 0 Å². The smallest absolute Gasteiger partial charge is 0.236 e. The lowest BCUT2D eigenvalue weighted by atomic mass is 9.86. The number of aromatic nitrogens is 4. The van der Waals surface area contributed by atoms with Crippen molar-refractivity contribution in [1.82, 2.24) is 20.2 Å². The van der Waals surface area contributed by atoms with E-state index in [0.29, 0.717) is 0 Å². The molecule has 124 valence electrons. The van der Waals surface area contributed by atoms with E-state index in [1.165, 1.54) is 0 Å². The van der Waals surface area contributed by atoms with Crippen LogP contribution < -0.4 is 4.90 Å². The van der Waals surface area contributed by atoms with Crippen molar-refractivity contribution in [2.75, 3.05) is 11.9 Å². The average molecular weight is 331 g/mol. The third-order valence-corrected chi connectivity index (χ3v) is 5.17. The molecule has 6 heteroatoms. The minimum absolute atomic E-state index is 0.105. The number of imidazole rings is 1. The number of carbonyl (C=O) groups excluding carboxylic acids is 1. The number of nitrogens with zero attached hydrogens (tertiary/aromatic N) is 3. The van der Waals surface area contributed by atoms with Crippen LogP contribution in [0.15, 0.2) is 36.4 Å². The van der Waals surface area contributed by atoms with Crippen molar-refractivity contribution < 1.29 is 4.79 Å². The van der Waals surface area contributed by atoms with Crippen LogP contribution in [0.25, 0.3) is 33.5 Å². The summed E-state index contributed by atoms with van der Waals surface area (Å²) in [5, 5.41) is 8.48. The molecule has 2 aromatic heterocycles. The average Bonchev–Trinajstić information content (AvgIpc) is 3.25. The Bertz CT molecular complexity index is 1170. The summed E-state index contributed by atoms with van der Waals surface area (Å²) in [6.07, 6.45) is 0. The van der Waals surface area contributed by atoms with Crippen LogP contribution in [-0.4, -0.2) is 33.1 Å². The van der Waals surface area contributed by atoms with Gasteiger partial charge in [-0.3, -0.25) is 9.89 Å². The van der Waals surface area contributed by atoms with Gasteiger partial charge in [0.2, 0.25) is 5.91 Å². The van der Waals surface area contributed by atoms with Gasteiger partial charge in [-0.1, -0.05) is 18.2 Å². The molecule has 5 rings (SSSR count). The molecule has 0 radical (unpaired) electrons. The van der Waals surface area contributed by atoms with Crippen molar-refractivity contribution in [1.29, 1.82) is 0 Å². The third-order valence-electron chi connectivity index (χ3n) is 5.17. The number of likely N-dealkylation sites (N-methyl/N-ethyl adjacent to an activating group) is 1. The molecule has 0 fully saturated rings. The van der Waals surface area contributed by atoms with Crippen LogP contribution in [0.5, 0.6) is 0 Å². The summed E-state index contributed by atoms with van der Waals surface area (Å²) in [5.41, 5.74) is 4.94. The number of amides is 1. The van der Waals surface area contributed by atoms with E-state index in [-0.39, 0.29) is 5.91 Å². The Kier molecular flexibility index (Phi) is 2.54. The van der Waals surface area contributed by atoms with E-state index in [1.807, 2.05) is 57.3 Å². The van der Waals surface area contributed by atoms with Crippen LogP contribution >= 0.6 is 0 Å². The summed E-state index contributed by atoms with van der Waals surface area (Å²) in [4.78, 5) is 22.3. The van der Waals surface area contributed by atoms with Gasteiger partial charge in [-0.25, -0.2) is 4.98 Å². The zero-order chi connectivity index (χ0) is 17.3. The number of para-hydroxylation sites is 1. The molecule has 0 bridgehead atoms. The summed E-state index contributed by atoms with van der Waals surface area (Å²) in [7, 11) is 1.82. The zero-order valence-corrected chi connectivity index (χ0v) is 14.2. The van der Waals surface area contributed by atoms with Gasteiger partial charge in [0.15, 0.2) is 5.82 Å². The number of nitrogens with one attached hydrogen (secondary N) is 2.